The molecule has 0 spiro atoms. The Morgan fingerprint density at radius 2 is 1.65 bits per heavy atom. The zero-order valence-electron chi connectivity index (χ0n) is 22.5. The van der Waals surface area contributed by atoms with Crippen molar-refractivity contribution < 1.29 is 18.7 Å². The molecule has 0 atom stereocenters. The molecule has 2 aromatic carbocycles. The third-order valence-electron chi connectivity index (χ3n) is 5.40. The van der Waals surface area contributed by atoms with Crippen LogP contribution in [-0.4, -0.2) is 33.7 Å². The van der Waals surface area contributed by atoms with Crippen molar-refractivity contribution in [3.05, 3.63) is 83.8 Å². The lowest BCUT2D eigenvalue weighted by Gasteiger charge is -2.28. The molecule has 198 valence electrons. The van der Waals surface area contributed by atoms with Crippen molar-refractivity contribution in [1.82, 2.24) is 10.3 Å². The molecule has 0 aliphatic heterocycles. The lowest BCUT2D eigenvalue weighted by atomic mass is 10.1. The van der Waals surface area contributed by atoms with Crippen molar-refractivity contribution in [2.75, 3.05) is 12.0 Å². The van der Waals surface area contributed by atoms with Crippen molar-refractivity contribution in [3.63, 3.8) is 0 Å². The van der Waals surface area contributed by atoms with E-state index in [4.69, 9.17) is 9.15 Å². The number of esters is 1. The summed E-state index contributed by atoms with van der Waals surface area (Å²) in [6.45, 7) is 12.6. The maximum absolute atomic E-state index is 12.7. The van der Waals surface area contributed by atoms with E-state index in [1.54, 1.807) is 6.26 Å². The molecule has 0 saturated carbocycles. The van der Waals surface area contributed by atoms with Gasteiger partial charge in [0, 0.05) is 11.4 Å². The summed E-state index contributed by atoms with van der Waals surface area (Å²) in [5.74, 6) is 0.385. The SMILES string of the molecule is Cc1ccccc1NNC(=O)CN(Cc1ccc(SC(C)(C)C(=O)OC(C)(C)C)cc1)Cc1ccco1. The predicted octanol–water partition coefficient (Wildman–Crippen LogP) is 5.95. The lowest BCUT2D eigenvalue weighted by Crippen LogP contribution is -2.39. The molecule has 37 heavy (non-hydrogen) atoms. The molecule has 0 saturated heterocycles. The van der Waals surface area contributed by atoms with E-state index in [-0.39, 0.29) is 18.4 Å². The van der Waals surface area contributed by atoms with E-state index in [2.05, 4.69) is 10.9 Å². The van der Waals surface area contributed by atoms with E-state index < -0.39 is 10.3 Å². The first-order chi connectivity index (χ1) is 17.4. The number of hydrogen-bond acceptors (Lipinski definition) is 7. The van der Waals surface area contributed by atoms with Crippen LogP contribution in [0.25, 0.3) is 0 Å². The number of nitrogens with one attached hydrogen (secondary N) is 2. The minimum absolute atomic E-state index is 0.152. The van der Waals surface area contributed by atoms with Gasteiger partial charge >= 0.3 is 5.97 Å². The summed E-state index contributed by atoms with van der Waals surface area (Å²) in [5, 5.41) is 0. The number of hydrogen-bond donors (Lipinski definition) is 2. The van der Waals surface area contributed by atoms with Crippen molar-refractivity contribution in [2.24, 2.45) is 0 Å². The second kappa shape index (κ2) is 12.3. The van der Waals surface area contributed by atoms with Crippen LogP contribution in [0.1, 0.15) is 51.5 Å². The van der Waals surface area contributed by atoms with Crippen LogP contribution in [0.4, 0.5) is 5.69 Å². The Labute approximate surface area is 223 Å². The van der Waals surface area contributed by atoms with Crippen molar-refractivity contribution in [1.29, 1.82) is 0 Å². The van der Waals surface area contributed by atoms with Crippen LogP contribution in [0.15, 0.2) is 76.2 Å². The Balaban J connectivity index is 1.62. The van der Waals surface area contributed by atoms with Gasteiger partial charge in [-0.25, -0.2) is 0 Å². The molecular formula is C29H37N3O4S. The molecule has 0 fully saturated rings. The van der Waals surface area contributed by atoms with Gasteiger partial charge in [0.1, 0.15) is 16.1 Å². The van der Waals surface area contributed by atoms with E-state index in [1.165, 1.54) is 11.8 Å². The van der Waals surface area contributed by atoms with Crippen LogP contribution in [-0.2, 0) is 27.4 Å². The molecule has 0 bridgehead atoms. The molecule has 7 nitrogen and oxygen atoms in total. The molecule has 2 N–H and O–H groups in total. The first kappa shape index (κ1) is 28.3. The number of carbonyl (C=O) groups excluding carboxylic acids is 2. The topological polar surface area (TPSA) is 83.8 Å². The normalized spacial score (nSPS) is 11.9. The van der Waals surface area contributed by atoms with Crippen molar-refractivity contribution >= 4 is 29.3 Å². The second-order valence-electron chi connectivity index (χ2n) is 10.5. The summed E-state index contributed by atoms with van der Waals surface area (Å²) in [7, 11) is 0. The number of anilines is 1. The summed E-state index contributed by atoms with van der Waals surface area (Å²) in [4.78, 5) is 28.3. The summed E-state index contributed by atoms with van der Waals surface area (Å²) in [6, 6.07) is 19.5. The summed E-state index contributed by atoms with van der Waals surface area (Å²) < 4.78 is 10.4. The Bertz CT molecular complexity index is 1170. The standard InChI is InChI=1S/C29H37N3O4S/c1-21-10-7-8-12-25(21)30-31-26(33)20-32(19-23-11-9-17-35-23)18-22-13-15-24(16-14-22)37-29(5,6)27(34)36-28(2,3)4/h7-17,30H,18-20H2,1-6H3,(H,31,33). The molecule has 1 heterocycles. The van der Waals surface area contributed by atoms with E-state index in [0.29, 0.717) is 13.1 Å². The monoisotopic (exact) mass is 523 g/mol. The number of thioether (sulfide) groups is 1. The van der Waals surface area contributed by atoms with Gasteiger partial charge in [-0.15, -0.1) is 11.8 Å². The number of aryl methyl sites for hydroxylation is 1. The van der Waals surface area contributed by atoms with Crippen LogP contribution >= 0.6 is 11.8 Å². The molecule has 3 rings (SSSR count). The van der Waals surface area contributed by atoms with Gasteiger partial charge in [-0.3, -0.25) is 25.3 Å². The molecule has 0 unspecified atom stereocenters. The molecule has 3 aromatic rings. The number of carbonyl (C=O) groups is 2. The lowest BCUT2D eigenvalue weighted by molar-refractivity contribution is -0.156. The predicted molar refractivity (Wildman–Crippen MR) is 148 cm³/mol. The number of hydrazine groups is 1. The van der Waals surface area contributed by atoms with Crippen LogP contribution in [0.5, 0.6) is 0 Å². The van der Waals surface area contributed by atoms with Crippen molar-refractivity contribution in [3.8, 4) is 0 Å². The fourth-order valence-corrected chi connectivity index (χ4v) is 4.53. The molecular weight excluding hydrogens is 486 g/mol. The average Bonchev–Trinajstić information content (AvgIpc) is 3.31. The molecule has 1 amide bonds. The first-order valence-corrected chi connectivity index (χ1v) is 13.1. The van der Waals surface area contributed by atoms with Gasteiger partial charge in [-0.1, -0.05) is 30.3 Å². The second-order valence-corrected chi connectivity index (χ2v) is 12.2. The maximum Gasteiger partial charge on any atom is 0.322 e. The molecule has 8 heteroatoms. The molecule has 1 aromatic heterocycles. The zero-order chi connectivity index (χ0) is 27.1. The van der Waals surface area contributed by atoms with Gasteiger partial charge in [-0.05, 0) is 83.0 Å². The van der Waals surface area contributed by atoms with E-state index in [1.807, 2.05) is 107 Å². The number of nitrogens with zero attached hydrogens (tertiary/aromatic N) is 1. The van der Waals surface area contributed by atoms with Gasteiger partial charge in [0.05, 0.1) is 25.0 Å². The fraction of sp³-hybridized carbons (Fsp3) is 0.379. The van der Waals surface area contributed by atoms with Crippen LogP contribution in [0, 0.1) is 6.92 Å². The minimum Gasteiger partial charge on any atom is -0.468 e. The van der Waals surface area contributed by atoms with E-state index in [0.717, 1.165) is 27.5 Å². The average molecular weight is 524 g/mol. The molecule has 0 aliphatic carbocycles. The highest BCUT2D eigenvalue weighted by Crippen LogP contribution is 2.34. The molecule has 0 aliphatic rings. The third-order valence-corrected chi connectivity index (χ3v) is 6.59. The van der Waals surface area contributed by atoms with Gasteiger partial charge in [0.2, 0.25) is 0 Å². The highest BCUT2D eigenvalue weighted by molar-refractivity contribution is 8.01. The zero-order valence-corrected chi connectivity index (χ0v) is 23.3. The Morgan fingerprint density at radius 1 is 0.946 bits per heavy atom. The van der Waals surface area contributed by atoms with E-state index in [9.17, 15) is 9.59 Å². The fourth-order valence-electron chi connectivity index (χ4n) is 3.54. The quantitative estimate of drug-likeness (QED) is 0.183. The summed E-state index contributed by atoms with van der Waals surface area (Å²) in [6.07, 6.45) is 1.63. The Hall–Kier alpha value is -3.23. The van der Waals surface area contributed by atoms with Crippen LogP contribution < -0.4 is 10.9 Å². The first-order valence-electron chi connectivity index (χ1n) is 12.3. The Kier molecular flexibility index (Phi) is 9.45. The van der Waals surface area contributed by atoms with Gasteiger partial charge in [0.15, 0.2) is 0 Å². The highest BCUT2D eigenvalue weighted by Gasteiger charge is 2.33. The molecule has 0 radical (unpaired) electrons. The number of amides is 1. The van der Waals surface area contributed by atoms with E-state index >= 15 is 0 Å². The number of rotatable bonds is 11. The number of benzene rings is 2. The van der Waals surface area contributed by atoms with Crippen molar-refractivity contribution in [2.45, 2.75) is 69.9 Å². The van der Waals surface area contributed by atoms with Crippen LogP contribution in [0.3, 0.4) is 0 Å². The highest BCUT2D eigenvalue weighted by atomic mass is 32.2. The van der Waals surface area contributed by atoms with Crippen LogP contribution in [0.2, 0.25) is 0 Å². The maximum atomic E-state index is 12.7. The number of ether oxygens (including phenoxy) is 1. The van der Waals surface area contributed by atoms with Gasteiger partial charge in [0.25, 0.3) is 5.91 Å². The van der Waals surface area contributed by atoms with Gasteiger partial charge in [-0.2, -0.15) is 0 Å². The van der Waals surface area contributed by atoms with Gasteiger partial charge < -0.3 is 9.15 Å². The number of furan rings is 1. The minimum atomic E-state index is -0.720. The summed E-state index contributed by atoms with van der Waals surface area (Å²) >= 11 is 1.47. The summed E-state index contributed by atoms with van der Waals surface area (Å²) in [5.41, 5.74) is 8.21. The largest absolute Gasteiger partial charge is 0.468 e. The third kappa shape index (κ3) is 9.30. The smallest absolute Gasteiger partial charge is 0.322 e. The Morgan fingerprint density at radius 3 is 2.27 bits per heavy atom. The number of para-hydroxylation sites is 1.